The van der Waals surface area contributed by atoms with E-state index in [2.05, 4.69) is 11.1 Å². The molecule has 31 heavy (non-hydrogen) atoms. The molecule has 0 spiro atoms. The molecule has 5 nitrogen and oxygen atoms in total. The molecule has 2 heterocycles. The highest BCUT2D eigenvalue weighted by Crippen LogP contribution is 2.43. The van der Waals surface area contributed by atoms with Gasteiger partial charge in [-0.05, 0) is 39.2 Å². The number of halogens is 1. The van der Waals surface area contributed by atoms with E-state index in [1.54, 1.807) is 20.8 Å². The normalized spacial score (nSPS) is 21.6. The smallest absolute Gasteiger partial charge is 0.195 e. The summed E-state index contributed by atoms with van der Waals surface area (Å²) < 4.78 is 20.3. The van der Waals surface area contributed by atoms with Crippen LogP contribution in [-0.2, 0) is 4.79 Å². The molecule has 0 N–H and O–H groups in total. The van der Waals surface area contributed by atoms with Gasteiger partial charge < -0.3 is 4.42 Å². The monoisotopic (exact) mass is 420 g/mol. The number of hydrogen-bond donors (Lipinski definition) is 0. The molecular formula is C25H25FN2O3. The zero-order valence-electron chi connectivity index (χ0n) is 18.0. The van der Waals surface area contributed by atoms with Crippen molar-refractivity contribution in [3.8, 4) is 6.07 Å². The Bertz CT molecular complexity index is 1230. The largest absolute Gasteiger partial charge is 0.461 e. The second kappa shape index (κ2) is 8.22. The number of benzene rings is 1. The van der Waals surface area contributed by atoms with Crippen LogP contribution in [0.1, 0.15) is 63.2 Å². The topological polar surface area (TPSA) is 83.4 Å². The molecule has 2 unspecified atom stereocenters. The van der Waals surface area contributed by atoms with Crippen molar-refractivity contribution in [2.75, 3.05) is 0 Å². The van der Waals surface area contributed by atoms with Crippen molar-refractivity contribution in [2.24, 2.45) is 16.8 Å². The van der Waals surface area contributed by atoms with Crippen LogP contribution in [0.2, 0.25) is 0 Å². The lowest BCUT2D eigenvalue weighted by Crippen LogP contribution is -2.29. The van der Waals surface area contributed by atoms with E-state index in [1.165, 1.54) is 24.6 Å². The maximum Gasteiger partial charge on any atom is 0.195 e. The van der Waals surface area contributed by atoms with Crippen molar-refractivity contribution in [2.45, 2.75) is 58.8 Å². The van der Waals surface area contributed by atoms with Crippen LogP contribution in [0.15, 0.2) is 43.7 Å². The predicted molar refractivity (Wildman–Crippen MR) is 116 cm³/mol. The van der Waals surface area contributed by atoms with Gasteiger partial charge in [0.1, 0.15) is 22.5 Å². The van der Waals surface area contributed by atoms with E-state index >= 15 is 0 Å². The number of aryl methyl sites for hydroxylation is 1. The zero-order valence-corrected chi connectivity index (χ0v) is 18.0. The molecule has 0 saturated heterocycles. The fraction of sp³-hybridized carbons (Fsp3) is 0.440. The van der Waals surface area contributed by atoms with Crippen LogP contribution >= 0.6 is 0 Å². The fourth-order valence-electron chi connectivity index (χ4n) is 4.76. The summed E-state index contributed by atoms with van der Waals surface area (Å²) in [5.41, 5.74) is 1.72. The van der Waals surface area contributed by atoms with Gasteiger partial charge in [0.15, 0.2) is 11.2 Å². The molecule has 4 rings (SSSR count). The maximum absolute atomic E-state index is 14.5. The summed E-state index contributed by atoms with van der Waals surface area (Å²) in [4.78, 5) is 30.3. The first-order chi connectivity index (χ1) is 14.8. The Kier molecular flexibility index (Phi) is 5.62. The number of allylic oxidation sites excluding steroid dienone is 2. The molecule has 160 valence electrons. The lowest BCUT2D eigenvalue weighted by molar-refractivity contribution is -0.116. The number of rotatable bonds is 5. The number of nitriles is 1. The SMILES string of the molecule is CC1=NC(C)=C(C(=O)CCC2CCC2)C(c2ccc(F)c3c(=O)cc(C)oc23)C1C#N. The van der Waals surface area contributed by atoms with E-state index in [-0.39, 0.29) is 16.8 Å². The Hall–Kier alpha value is -3.07. The summed E-state index contributed by atoms with van der Waals surface area (Å²) in [7, 11) is 0. The van der Waals surface area contributed by atoms with Gasteiger partial charge in [-0.1, -0.05) is 25.3 Å². The second-order valence-corrected chi connectivity index (χ2v) is 8.66. The number of fused-ring (bicyclic) bond motifs is 1. The Morgan fingerprint density at radius 1 is 1.29 bits per heavy atom. The van der Waals surface area contributed by atoms with E-state index < -0.39 is 23.1 Å². The molecule has 0 radical (unpaired) electrons. The number of Topliss-reactive ketones (excluding diaryl/α,β-unsaturated/α-hetero) is 1. The third kappa shape index (κ3) is 3.74. The van der Waals surface area contributed by atoms with Crippen LogP contribution in [0.4, 0.5) is 4.39 Å². The van der Waals surface area contributed by atoms with E-state index in [4.69, 9.17) is 4.42 Å². The highest BCUT2D eigenvalue weighted by molar-refractivity contribution is 6.03. The molecule has 1 aromatic heterocycles. The van der Waals surface area contributed by atoms with Crippen LogP contribution in [-0.4, -0.2) is 11.5 Å². The number of carbonyl (C=O) groups excluding carboxylic acids is 1. The summed E-state index contributed by atoms with van der Waals surface area (Å²) in [6.45, 7) is 5.15. The fourth-order valence-corrected chi connectivity index (χ4v) is 4.76. The number of carbonyl (C=O) groups is 1. The second-order valence-electron chi connectivity index (χ2n) is 8.66. The first kappa shape index (κ1) is 21.2. The van der Waals surface area contributed by atoms with Gasteiger partial charge in [0, 0.05) is 41.0 Å². The van der Waals surface area contributed by atoms with Crippen LogP contribution < -0.4 is 5.43 Å². The summed E-state index contributed by atoms with van der Waals surface area (Å²) in [6.07, 6.45) is 4.73. The third-order valence-electron chi connectivity index (χ3n) is 6.59. The van der Waals surface area contributed by atoms with Crippen molar-refractivity contribution < 1.29 is 13.6 Å². The van der Waals surface area contributed by atoms with Crippen molar-refractivity contribution in [3.63, 3.8) is 0 Å². The number of nitrogens with zero attached hydrogens (tertiary/aromatic N) is 2. The molecule has 1 fully saturated rings. The van der Waals surface area contributed by atoms with Gasteiger partial charge in [0.25, 0.3) is 0 Å². The van der Waals surface area contributed by atoms with Gasteiger partial charge in [-0.15, -0.1) is 0 Å². The number of ketones is 1. The molecule has 1 saturated carbocycles. The molecule has 1 aromatic carbocycles. The third-order valence-corrected chi connectivity index (χ3v) is 6.59. The average molecular weight is 420 g/mol. The molecule has 6 heteroatoms. The predicted octanol–water partition coefficient (Wildman–Crippen LogP) is 5.36. The molecule has 1 aliphatic heterocycles. The molecule has 1 aliphatic carbocycles. The van der Waals surface area contributed by atoms with E-state index in [1.807, 2.05) is 0 Å². The lowest BCUT2D eigenvalue weighted by Gasteiger charge is -2.31. The first-order valence-electron chi connectivity index (χ1n) is 10.7. The van der Waals surface area contributed by atoms with Gasteiger partial charge >= 0.3 is 0 Å². The zero-order chi connectivity index (χ0) is 22.3. The summed E-state index contributed by atoms with van der Waals surface area (Å²) in [5, 5.41) is 9.80. The summed E-state index contributed by atoms with van der Waals surface area (Å²) >= 11 is 0. The van der Waals surface area contributed by atoms with Gasteiger partial charge in [-0.25, -0.2) is 4.39 Å². The van der Waals surface area contributed by atoms with E-state index in [9.17, 15) is 19.2 Å². The molecule has 0 amide bonds. The van der Waals surface area contributed by atoms with Crippen molar-refractivity contribution in [1.82, 2.24) is 0 Å². The molecule has 2 aromatic rings. The lowest BCUT2D eigenvalue weighted by atomic mass is 9.73. The minimum absolute atomic E-state index is 0.0432. The Morgan fingerprint density at radius 3 is 2.68 bits per heavy atom. The number of aliphatic imine (C=N–C) groups is 1. The molecule has 2 aliphatic rings. The van der Waals surface area contributed by atoms with Gasteiger partial charge in [-0.3, -0.25) is 14.6 Å². The maximum atomic E-state index is 14.5. The Labute approximate surface area is 180 Å². The average Bonchev–Trinajstić information content (AvgIpc) is 2.66. The van der Waals surface area contributed by atoms with Crippen LogP contribution in [0.25, 0.3) is 11.0 Å². The molecule has 2 atom stereocenters. The Morgan fingerprint density at radius 2 is 2.03 bits per heavy atom. The minimum atomic E-state index is -0.703. The summed E-state index contributed by atoms with van der Waals surface area (Å²) in [5.74, 6) is -1.16. The van der Waals surface area contributed by atoms with Crippen molar-refractivity contribution >= 4 is 22.5 Å². The Balaban J connectivity index is 1.88. The van der Waals surface area contributed by atoms with Crippen LogP contribution in [0.5, 0.6) is 0 Å². The van der Waals surface area contributed by atoms with E-state index in [0.717, 1.165) is 19.3 Å². The van der Waals surface area contributed by atoms with Crippen molar-refractivity contribution in [1.29, 1.82) is 5.26 Å². The van der Waals surface area contributed by atoms with Crippen molar-refractivity contribution in [3.05, 3.63) is 56.8 Å². The van der Waals surface area contributed by atoms with Gasteiger partial charge in [0.05, 0.1) is 12.0 Å². The molecule has 0 bridgehead atoms. The van der Waals surface area contributed by atoms with E-state index in [0.29, 0.717) is 40.6 Å². The quantitative estimate of drug-likeness (QED) is 0.652. The minimum Gasteiger partial charge on any atom is -0.461 e. The van der Waals surface area contributed by atoms with Crippen LogP contribution in [0.3, 0.4) is 0 Å². The highest BCUT2D eigenvalue weighted by atomic mass is 19.1. The summed E-state index contributed by atoms with van der Waals surface area (Å²) in [6, 6.07) is 6.26. The standard InChI is InChI=1S/C25H25FN2O3/c1-13-11-21(30)24-19(26)9-8-17(25(24)31-13)23-18(12-27)14(2)28-15(3)22(23)20(29)10-7-16-5-4-6-16/h8-9,11,16,18,23H,4-7,10H2,1-3H3. The first-order valence-corrected chi connectivity index (χ1v) is 10.7. The van der Waals surface area contributed by atoms with Crippen LogP contribution in [0, 0.1) is 35.9 Å². The number of hydrogen-bond acceptors (Lipinski definition) is 5. The van der Waals surface area contributed by atoms with Gasteiger partial charge in [-0.2, -0.15) is 5.26 Å². The van der Waals surface area contributed by atoms with Gasteiger partial charge in [0.2, 0.25) is 0 Å². The highest BCUT2D eigenvalue weighted by Gasteiger charge is 2.38. The molecular weight excluding hydrogens is 395 g/mol.